The Morgan fingerprint density at radius 1 is 1.03 bits per heavy atom. The number of carbonyl (C=O) groups is 1. The Balaban J connectivity index is 1.72. The Morgan fingerprint density at radius 2 is 1.63 bits per heavy atom. The van der Waals surface area contributed by atoms with Crippen molar-refractivity contribution in [1.82, 2.24) is 5.32 Å². The van der Waals surface area contributed by atoms with Gasteiger partial charge in [0.1, 0.15) is 0 Å². The van der Waals surface area contributed by atoms with Gasteiger partial charge in [-0.25, -0.2) is 4.21 Å². The Bertz CT molecular complexity index is 1220. The second-order valence-corrected chi connectivity index (χ2v) is 10.9. The smallest absolute Gasteiger partial charge is 0.369 e. The van der Waals surface area contributed by atoms with Gasteiger partial charge in [-0.3, -0.25) is 9.10 Å². The summed E-state index contributed by atoms with van der Waals surface area (Å²) in [4.78, 5) is 13.1. The van der Waals surface area contributed by atoms with Crippen LogP contribution in [0.5, 0.6) is 0 Å². The number of nitrogens with zero attached hydrogens (tertiary/aromatic N) is 1. The number of rotatable bonds is 6. The number of anilines is 1. The standard InChI is InChI=1S/C26H26F6N2O3S/c1-16-6-11-21(12-7-16)38(37)34-20(15-23(35)33-19-4-2-3-5-19)10-8-17-14-18(9-13-22(17)34)24(36,25(27,28)29)26(30,31)32/h2-3,6-7,9,11-14,19-20,36H,4-5,8,10,15H2,1H3,(H,33,35)/t20-,38?/m0/s1. The molecule has 5 nitrogen and oxygen atoms in total. The average Bonchev–Trinajstić information content (AvgIpc) is 3.34. The van der Waals surface area contributed by atoms with E-state index in [1.54, 1.807) is 24.3 Å². The lowest BCUT2D eigenvalue weighted by atomic mass is 9.87. The van der Waals surface area contributed by atoms with E-state index in [4.69, 9.17) is 0 Å². The van der Waals surface area contributed by atoms with Crippen molar-refractivity contribution in [2.75, 3.05) is 4.31 Å². The fourth-order valence-corrected chi connectivity index (χ4v) is 6.17. The van der Waals surface area contributed by atoms with Crippen molar-refractivity contribution in [3.05, 3.63) is 71.3 Å². The highest BCUT2D eigenvalue weighted by molar-refractivity contribution is 7.86. The molecule has 2 atom stereocenters. The molecular weight excluding hydrogens is 534 g/mol. The number of aryl methyl sites for hydroxylation is 2. The highest BCUT2D eigenvalue weighted by atomic mass is 32.2. The number of nitrogens with one attached hydrogen (secondary N) is 1. The van der Waals surface area contributed by atoms with E-state index >= 15 is 0 Å². The van der Waals surface area contributed by atoms with Crippen molar-refractivity contribution >= 4 is 22.6 Å². The van der Waals surface area contributed by atoms with Crippen molar-refractivity contribution in [1.29, 1.82) is 0 Å². The molecule has 2 aromatic rings. The molecule has 0 saturated carbocycles. The van der Waals surface area contributed by atoms with E-state index in [1.165, 1.54) is 4.31 Å². The van der Waals surface area contributed by atoms with Gasteiger partial charge >= 0.3 is 12.4 Å². The maximum absolute atomic E-state index is 13.7. The Morgan fingerprint density at radius 3 is 2.21 bits per heavy atom. The van der Waals surface area contributed by atoms with Crippen LogP contribution in [0.15, 0.2) is 59.5 Å². The van der Waals surface area contributed by atoms with Gasteiger partial charge in [-0.2, -0.15) is 26.3 Å². The van der Waals surface area contributed by atoms with Crippen molar-refractivity contribution in [2.45, 2.75) is 74.0 Å². The predicted octanol–water partition coefficient (Wildman–Crippen LogP) is 5.38. The molecule has 1 unspecified atom stereocenters. The first-order chi connectivity index (χ1) is 17.7. The van der Waals surface area contributed by atoms with Gasteiger partial charge in [0, 0.05) is 18.0 Å². The first-order valence-electron chi connectivity index (χ1n) is 11.9. The van der Waals surface area contributed by atoms with Crippen LogP contribution in [0.4, 0.5) is 32.0 Å². The molecule has 1 aliphatic heterocycles. The van der Waals surface area contributed by atoms with Crippen LogP contribution in [-0.2, 0) is 27.8 Å². The molecule has 1 heterocycles. The maximum Gasteiger partial charge on any atom is 0.430 e. The summed E-state index contributed by atoms with van der Waals surface area (Å²) >= 11 is 0. The lowest BCUT2D eigenvalue weighted by Crippen LogP contribution is -2.54. The molecule has 4 rings (SSSR count). The van der Waals surface area contributed by atoms with Crippen LogP contribution in [0.2, 0.25) is 0 Å². The molecule has 2 aliphatic rings. The molecule has 0 aromatic heterocycles. The van der Waals surface area contributed by atoms with Gasteiger partial charge in [-0.05, 0) is 56.4 Å². The van der Waals surface area contributed by atoms with E-state index in [0.717, 1.165) is 11.6 Å². The third-order valence-corrected chi connectivity index (χ3v) is 8.36. The Labute approximate surface area is 218 Å². The first kappa shape index (κ1) is 28.2. The topological polar surface area (TPSA) is 69.6 Å². The molecule has 0 fully saturated rings. The van der Waals surface area contributed by atoms with E-state index in [2.05, 4.69) is 5.32 Å². The fourth-order valence-electron chi connectivity index (χ4n) is 4.76. The zero-order valence-corrected chi connectivity index (χ0v) is 21.1. The zero-order valence-electron chi connectivity index (χ0n) is 20.3. The third-order valence-electron chi connectivity index (χ3n) is 6.83. The highest BCUT2D eigenvalue weighted by Gasteiger charge is 2.71. The number of hydrogen-bond acceptors (Lipinski definition) is 3. The fraction of sp³-hybridized carbons (Fsp3) is 0.423. The minimum atomic E-state index is -6.02. The monoisotopic (exact) mass is 560 g/mol. The van der Waals surface area contributed by atoms with Crippen LogP contribution in [0, 0.1) is 6.92 Å². The molecule has 0 radical (unpaired) electrons. The van der Waals surface area contributed by atoms with Gasteiger partial charge in [0.2, 0.25) is 5.91 Å². The van der Waals surface area contributed by atoms with E-state index < -0.39 is 40.5 Å². The number of halogens is 6. The SMILES string of the molecule is Cc1ccc(S(=O)N2c3ccc(C(O)(C(F)(F)F)C(F)(F)F)cc3CC[C@H]2CC(=O)NC2CC=CC2)cc1. The summed E-state index contributed by atoms with van der Waals surface area (Å²) in [5.41, 5.74) is -5.34. The summed E-state index contributed by atoms with van der Waals surface area (Å²) in [5, 5.41) is 12.8. The van der Waals surface area contributed by atoms with E-state index in [1.807, 2.05) is 19.1 Å². The lowest BCUT2D eigenvalue weighted by Gasteiger charge is -2.39. The number of amides is 1. The number of aliphatic hydroxyl groups is 1. The number of alkyl halides is 6. The highest BCUT2D eigenvalue weighted by Crippen LogP contribution is 2.51. The van der Waals surface area contributed by atoms with Crippen LogP contribution in [0.25, 0.3) is 0 Å². The van der Waals surface area contributed by atoms with Crippen LogP contribution in [-0.4, -0.2) is 39.7 Å². The van der Waals surface area contributed by atoms with Crippen molar-refractivity contribution < 1.29 is 40.5 Å². The molecule has 12 heteroatoms. The molecule has 0 spiro atoms. The van der Waals surface area contributed by atoms with Crippen molar-refractivity contribution in [3.8, 4) is 0 Å². The molecule has 206 valence electrons. The molecule has 1 aliphatic carbocycles. The Kier molecular flexibility index (Phi) is 7.68. The summed E-state index contributed by atoms with van der Waals surface area (Å²) in [5.74, 6) is -0.293. The average molecular weight is 561 g/mol. The van der Waals surface area contributed by atoms with E-state index in [-0.39, 0.29) is 42.5 Å². The second-order valence-electron chi connectivity index (χ2n) is 9.54. The first-order valence-corrected chi connectivity index (χ1v) is 13.0. The molecule has 0 saturated heterocycles. The molecule has 2 N–H and O–H groups in total. The largest absolute Gasteiger partial charge is 0.430 e. The zero-order chi connectivity index (χ0) is 27.9. The minimum absolute atomic E-state index is 0.0273. The number of carbonyl (C=O) groups excluding carboxylic acids is 1. The predicted molar refractivity (Wildman–Crippen MR) is 130 cm³/mol. The molecular formula is C26H26F6N2O3S. The number of hydrogen-bond donors (Lipinski definition) is 2. The summed E-state index contributed by atoms with van der Waals surface area (Å²) in [6, 6.07) is 8.20. The summed E-state index contributed by atoms with van der Waals surface area (Å²) in [6.45, 7) is 1.83. The summed E-state index contributed by atoms with van der Waals surface area (Å²) < 4.78 is 95.9. The van der Waals surface area contributed by atoms with Crippen molar-refractivity contribution in [3.63, 3.8) is 0 Å². The van der Waals surface area contributed by atoms with Gasteiger partial charge in [0.15, 0.2) is 11.0 Å². The maximum atomic E-state index is 13.7. The van der Waals surface area contributed by atoms with Crippen LogP contribution < -0.4 is 9.62 Å². The normalized spacial score (nSPS) is 19.4. The quantitative estimate of drug-likeness (QED) is 0.369. The second kappa shape index (κ2) is 10.4. The Hall–Kier alpha value is -2.86. The molecule has 2 aromatic carbocycles. The number of fused-ring (bicyclic) bond motifs is 1. The van der Waals surface area contributed by atoms with E-state index in [9.17, 15) is 40.5 Å². The van der Waals surface area contributed by atoms with Crippen molar-refractivity contribution in [2.24, 2.45) is 0 Å². The van der Waals surface area contributed by atoms with Gasteiger partial charge in [-0.15, -0.1) is 0 Å². The van der Waals surface area contributed by atoms with Gasteiger partial charge in [-0.1, -0.05) is 42.0 Å². The summed E-state index contributed by atoms with van der Waals surface area (Å²) in [7, 11) is -1.92. The van der Waals surface area contributed by atoms with Gasteiger partial charge < -0.3 is 10.4 Å². The number of benzene rings is 2. The van der Waals surface area contributed by atoms with Crippen LogP contribution >= 0.6 is 0 Å². The summed E-state index contributed by atoms with van der Waals surface area (Å²) in [6.07, 6.45) is -6.67. The van der Waals surface area contributed by atoms with Crippen LogP contribution in [0.3, 0.4) is 0 Å². The molecule has 38 heavy (non-hydrogen) atoms. The minimum Gasteiger partial charge on any atom is -0.369 e. The molecule has 1 amide bonds. The lowest BCUT2D eigenvalue weighted by molar-refractivity contribution is -0.376. The third kappa shape index (κ3) is 5.33. The van der Waals surface area contributed by atoms with E-state index in [0.29, 0.717) is 29.9 Å². The van der Waals surface area contributed by atoms with Gasteiger partial charge in [0.05, 0.1) is 16.6 Å². The molecule has 0 bridgehead atoms. The van der Waals surface area contributed by atoms with Crippen LogP contribution in [0.1, 0.15) is 42.4 Å². The van der Waals surface area contributed by atoms with Gasteiger partial charge in [0.25, 0.3) is 5.60 Å².